The van der Waals surface area contributed by atoms with Gasteiger partial charge in [0.25, 0.3) is 0 Å². The van der Waals surface area contributed by atoms with Gasteiger partial charge in [-0.2, -0.15) is 0 Å². The molecule has 0 aromatic heterocycles. The zero-order valence-corrected chi connectivity index (χ0v) is 19.3. The van der Waals surface area contributed by atoms with Crippen LogP contribution in [0.15, 0.2) is 4.99 Å². The number of nitrogens with zero attached hydrogens (tertiary/aromatic N) is 2. The summed E-state index contributed by atoms with van der Waals surface area (Å²) in [5.74, 6) is 1.07. The summed E-state index contributed by atoms with van der Waals surface area (Å²) in [6, 6.07) is 0. The molecule has 0 bridgehead atoms. The number of rotatable bonds is 10. The van der Waals surface area contributed by atoms with Gasteiger partial charge in [-0.3, -0.25) is 4.99 Å². The lowest BCUT2D eigenvalue weighted by Gasteiger charge is -2.34. The Morgan fingerprint density at radius 1 is 0.933 bits per heavy atom. The van der Waals surface area contributed by atoms with Crippen LogP contribution in [0.25, 0.3) is 0 Å². The van der Waals surface area contributed by atoms with Crippen LogP contribution in [-0.2, 0) is 14.2 Å². The zero-order valence-electron chi connectivity index (χ0n) is 19.3. The van der Waals surface area contributed by atoms with Crippen molar-refractivity contribution in [2.45, 2.75) is 102 Å². The maximum Gasteiger partial charge on any atom is 0.193 e. The highest BCUT2D eigenvalue weighted by Crippen LogP contribution is 2.20. The molecular weight excluding hydrogens is 378 g/mol. The van der Waals surface area contributed by atoms with E-state index in [2.05, 4.69) is 17.1 Å². The van der Waals surface area contributed by atoms with E-state index in [1.165, 1.54) is 44.9 Å². The van der Waals surface area contributed by atoms with Gasteiger partial charge in [0.1, 0.15) is 0 Å². The number of unbranched alkanes of at least 4 members (excludes halogenated alkanes) is 1. The molecule has 1 aliphatic carbocycles. The minimum absolute atomic E-state index is 0.327. The molecular formula is C24H45N3O3. The third-order valence-corrected chi connectivity index (χ3v) is 6.59. The Bertz CT molecular complexity index is 466. The molecule has 1 N–H and O–H groups in total. The summed E-state index contributed by atoms with van der Waals surface area (Å²) < 4.78 is 17.9. The number of hydrogen-bond donors (Lipinski definition) is 1. The fraction of sp³-hybridized carbons (Fsp3) is 0.958. The van der Waals surface area contributed by atoms with Gasteiger partial charge >= 0.3 is 0 Å². The quantitative estimate of drug-likeness (QED) is 0.248. The molecule has 0 spiro atoms. The Morgan fingerprint density at radius 3 is 2.40 bits per heavy atom. The van der Waals surface area contributed by atoms with Gasteiger partial charge in [0.15, 0.2) is 5.96 Å². The van der Waals surface area contributed by atoms with Crippen molar-refractivity contribution in [3.05, 3.63) is 0 Å². The summed E-state index contributed by atoms with van der Waals surface area (Å²) in [6.45, 7) is 8.55. The first-order valence-corrected chi connectivity index (χ1v) is 12.7. The number of hydrogen-bond acceptors (Lipinski definition) is 4. The molecule has 0 radical (unpaired) electrons. The fourth-order valence-electron chi connectivity index (χ4n) is 4.74. The van der Waals surface area contributed by atoms with Crippen molar-refractivity contribution in [2.75, 3.05) is 46.0 Å². The van der Waals surface area contributed by atoms with Crippen molar-refractivity contribution in [3.8, 4) is 0 Å². The van der Waals surface area contributed by atoms with Gasteiger partial charge in [-0.1, -0.05) is 25.7 Å². The monoisotopic (exact) mass is 423 g/mol. The maximum absolute atomic E-state index is 6.11. The van der Waals surface area contributed by atoms with E-state index in [4.69, 9.17) is 19.2 Å². The van der Waals surface area contributed by atoms with Crippen LogP contribution < -0.4 is 5.32 Å². The van der Waals surface area contributed by atoms with Crippen molar-refractivity contribution < 1.29 is 14.2 Å². The predicted molar refractivity (Wildman–Crippen MR) is 122 cm³/mol. The zero-order chi connectivity index (χ0) is 20.9. The van der Waals surface area contributed by atoms with Gasteiger partial charge in [0.2, 0.25) is 0 Å². The highest BCUT2D eigenvalue weighted by atomic mass is 16.5. The molecule has 0 aromatic carbocycles. The summed E-state index contributed by atoms with van der Waals surface area (Å²) in [4.78, 5) is 7.29. The van der Waals surface area contributed by atoms with Crippen LogP contribution in [-0.4, -0.2) is 75.2 Å². The van der Waals surface area contributed by atoms with Gasteiger partial charge in [0, 0.05) is 39.4 Å². The van der Waals surface area contributed by atoms with Crippen molar-refractivity contribution in [2.24, 2.45) is 4.99 Å². The topological polar surface area (TPSA) is 55.3 Å². The van der Waals surface area contributed by atoms with Gasteiger partial charge in [-0.25, -0.2) is 0 Å². The van der Waals surface area contributed by atoms with E-state index in [1.54, 1.807) is 0 Å². The normalized spacial score (nSPS) is 24.9. The molecule has 0 aromatic rings. The standard InChI is InChI=1S/C24H45N3O3/c1-2-25-24(26-15-7-8-18-28-21-10-5-3-4-6-11-21)27-16-13-22(14-17-27)30-20-23-12-9-19-29-23/h21-23H,2-20H2,1H3,(H,25,26). The van der Waals surface area contributed by atoms with Crippen LogP contribution in [0.3, 0.4) is 0 Å². The first-order valence-electron chi connectivity index (χ1n) is 12.7. The van der Waals surface area contributed by atoms with Gasteiger partial charge in [-0.15, -0.1) is 0 Å². The van der Waals surface area contributed by atoms with E-state index in [1.807, 2.05) is 0 Å². The number of likely N-dealkylation sites (tertiary alicyclic amines) is 1. The Balaban J connectivity index is 1.29. The highest BCUT2D eigenvalue weighted by molar-refractivity contribution is 5.80. The van der Waals surface area contributed by atoms with Gasteiger partial charge in [-0.05, 0) is 58.3 Å². The summed E-state index contributed by atoms with van der Waals surface area (Å²) in [7, 11) is 0. The molecule has 2 saturated heterocycles. The van der Waals surface area contributed by atoms with Crippen LogP contribution in [0.2, 0.25) is 0 Å². The number of piperidine rings is 1. The van der Waals surface area contributed by atoms with Crippen LogP contribution in [0.5, 0.6) is 0 Å². The fourth-order valence-corrected chi connectivity index (χ4v) is 4.74. The van der Waals surface area contributed by atoms with Crippen LogP contribution in [0.1, 0.15) is 84.0 Å². The smallest absolute Gasteiger partial charge is 0.193 e. The molecule has 3 aliphatic rings. The number of ether oxygens (including phenoxy) is 3. The molecule has 1 saturated carbocycles. The van der Waals surface area contributed by atoms with E-state index in [0.29, 0.717) is 18.3 Å². The number of guanidine groups is 1. The summed E-state index contributed by atoms with van der Waals surface area (Å²) >= 11 is 0. The lowest BCUT2D eigenvalue weighted by Crippen LogP contribution is -2.47. The third-order valence-electron chi connectivity index (χ3n) is 6.59. The molecule has 2 heterocycles. The molecule has 1 atom stereocenters. The van der Waals surface area contributed by atoms with Crippen molar-refractivity contribution in [1.82, 2.24) is 10.2 Å². The second-order valence-corrected chi connectivity index (χ2v) is 9.08. The van der Waals surface area contributed by atoms with Crippen molar-refractivity contribution in [1.29, 1.82) is 0 Å². The first kappa shape index (κ1) is 23.8. The predicted octanol–water partition coefficient (Wildman–Crippen LogP) is 4.13. The molecule has 0 amide bonds. The van der Waals surface area contributed by atoms with E-state index in [0.717, 1.165) is 84.1 Å². The van der Waals surface area contributed by atoms with Crippen LogP contribution in [0, 0.1) is 0 Å². The second kappa shape index (κ2) is 14.3. The molecule has 3 rings (SSSR count). The molecule has 1 unspecified atom stereocenters. The minimum atomic E-state index is 0.327. The maximum atomic E-state index is 6.11. The van der Waals surface area contributed by atoms with Gasteiger partial charge < -0.3 is 24.4 Å². The molecule has 30 heavy (non-hydrogen) atoms. The Kier molecular flexibility index (Phi) is 11.3. The van der Waals surface area contributed by atoms with Gasteiger partial charge in [0.05, 0.1) is 24.9 Å². The SMILES string of the molecule is CCNC(=NCCCCOC1CCCCCC1)N1CCC(OCC2CCCO2)CC1. The summed E-state index contributed by atoms with van der Waals surface area (Å²) in [5.41, 5.74) is 0. The van der Waals surface area contributed by atoms with Crippen molar-refractivity contribution in [3.63, 3.8) is 0 Å². The number of nitrogens with one attached hydrogen (secondary N) is 1. The Labute approximate surface area is 184 Å². The average molecular weight is 424 g/mol. The Hall–Kier alpha value is -0.850. The second-order valence-electron chi connectivity index (χ2n) is 9.08. The van der Waals surface area contributed by atoms with E-state index in [9.17, 15) is 0 Å². The minimum Gasteiger partial charge on any atom is -0.378 e. The first-order chi connectivity index (χ1) is 14.8. The van der Waals surface area contributed by atoms with E-state index < -0.39 is 0 Å². The number of aliphatic imine (C=N–C) groups is 1. The van der Waals surface area contributed by atoms with E-state index in [-0.39, 0.29) is 0 Å². The highest BCUT2D eigenvalue weighted by Gasteiger charge is 2.24. The Morgan fingerprint density at radius 2 is 1.70 bits per heavy atom. The van der Waals surface area contributed by atoms with E-state index >= 15 is 0 Å². The average Bonchev–Trinajstić information content (AvgIpc) is 3.16. The molecule has 2 aliphatic heterocycles. The lowest BCUT2D eigenvalue weighted by atomic mass is 10.1. The molecule has 174 valence electrons. The third kappa shape index (κ3) is 8.72. The van der Waals surface area contributed by atoms with Crippen LogP contribution in [0.4, 0.5) is 0 Å². The summed E-state index contributed by atoms with van der Waals surface area (Å²) in [5, 5.41) is 3.48. The molecule has 6 nitrogen and oxygen atoms in total. The summed E-state index contributed by atoms with van der Waals surface area (Å²) in [6.07, 6.45) is 15.9. The molecule has 6 heteroatoms. The van der Waals surface area contributed by atoms with Crippen molar-refractivity contribution >= 4 is 5.96 Å². The lowest BCUT2D eigenvalue weighted by molar-refractivity contribution is -0.0367. The van der Waals surface area contributed by atoms with Crippen LogP contribution >= 0.6 is 0 Å². The molecule has 3 fully saturated rings. The largest absolute Gasteiger partial charge is 0.378 e.